The van der Waals surface area contributed by atoms with Gasteiger partial charge in [0, 0.05) is 17.9 Å². The van der Waals surface area contributed by atoms with E-state index in [4.69, 9.17) is 6.42 Å². The first-order valence-corrected chi connectivity index (χ1v) is 4.28. The number of rotatable bonds is 3. The van der Waals surface area contributed by atoms with Crippen LogP contribution in [0, 0.1) is 18.3 Å². The normalized spacial score (nSPS) is 11.7. The minimum Gasteiger partial charge on any atom is -0.294 e. The Hall–Kier alpha value is -1.55. The maximum Gasteiger partial charge on any atom is 0.164 e. The SMILES string of the molecule is C#C[C@H](C)CC(=O)c1ccccc1. The fourth-order valence-electron chi connectivity index (χ4n) is 1.08. The highest BCUT2D eigenvalue weighted by atomic mass is 16.1. The molecule has 0 saturated heterocycles. The number of carbonyl (C=O) groups is 1. The molecule has 1 aromatic rings. The average molecular weight is 172 g/mol. The molecule has 1 aromatic carbocycles. The van der Waals surface area contributed by atoms with Crippen LogP contribution < -0.4 is 0 Å². The summed E-state index contributed by atoms with van der Waals surface area (Å²) >= 11 is 0. The standard InChI is InChI=1S/C12H12O/c1-3-10(2)9-12(13)11-7-5-4-6-8-11/h1,4-8,10H,9H2,2H3/t10-/m0/s1. The van der Waals surface area contributed by atoms with Crippen LogP contribution in [0.5, 0.6) is 0 Å². The molecule has 0 aromatic heterocycles. The van der Waals surface area contributed by atoms with Gasteiger partial charge >= 0.3 is 0 Å². The number of ketones is 1. The number of benzene rings is 1. The van der Waals surface area contributed by atoms with Gasteiger partial charge in [-0.3, -0.25) is 4.79 Å². The van der Waals surface area contributed by atoms with Crippen molar-refractivity contribution in [2.75, 3.05) is 0 Å². The van der Waals surface area contributed by atoms with Crippen molar-refractivity contribution in [3.8, 4) is 12.3 Å². The highest BCUT2D eigenvalue weighted by molar-refractivity contribution is 5.96. The molecular weight excluding hydrogens is 160 g/mol. The molecule has 0 spiro atoms. The summed E-state index contributed by atoms with van der Waals surface area (Å²) in [7, 11) is 0. The van der Waals surface area contributed by atoms with Gasteiger partial charge in [-0.15, -0.1) is 12.3 Å². The molecule has 0 aliphatic carbocycles. The molecule has 1 atom stereocenters. The van der Waals surface area contributed by atoms with Crippen molar-refractivity contribution in [1.82, 2.24) is 0 Å². The first-order chi connectivity index (χ1) is 6.24. The van der Waals surface area contributed by atoms with Crippen LogP contribution >= 0.6 is 0 Å². The fraction of sp³-hybridized carbons (Fsp3) is 0.250. The number of Topliss-reactive ketones (excluding diaryl/α,β-unsaturated/α-hetero) is 1. The molecule has 66 valence electrons. The average Bonchev–Trinajstić information content (AvgIpc) is 2.19. The van der Waals surface area contributed by atoms with E-state index in [1.807, 2.05) is 37.3 Å². The van der Waals surface area contributed by atoms with Crippen LogP contribution in [0.4, 0.5) is 0 Å². The van der Waals surface area contributed by atoms with Crippen molar-refractivity contribution in [3.05, 3.63) is 35.9 Å². The van der Waals surface area contributed by atoms with Crippen molar-refractivity contribution in [2.24, 2.45) is 5.92 Å². The summed E-state index contributed by atoms with van der Waals surface area (Å²) in [6.45, 7) is 1.88. The predicted octanol–water partition coefficient (Wildman–Crippen LogP) is 2.53. The van der Waals surface area contributed by atoms with Gasteiger partial charge in [0.15, 0.2) is 5.78 Å². The summed E-state index contributed by atoms with van der Waals surface area (Å²) in [5, 5.41) is 0. The van der Waals surface area contributed by atoms with Crippen molar-refractivity contribution in [2.45, 2.75) is 13.3 Å². The minimum atomic E-state index is 0.0210. The van der Waals surface area contributed by atoms with Gasteiger partial charge in [-0.05, 0) is 0 Å². The van der Waals surface area contributed by atoms with Crippen molar-refractivity contribution in [1.29, 1.82) is 0 Å². The third kappa shape index (κ3) is 2.76. The molecule has 0 fully saturated rings. The molecule has 0 saturated carbocycles. The Labute approximate surface area is 78.8 Å². The summed E-state index contributed by atoms with van der Waals surface area (Å²) in [6.07, 6.45) is 5.63. The van der Waals surface area contributed by atoms with E-state index in [1.165, 1.54) is 0 Å². The van der Waals surface area contributed by atoms with Crippen molar-refractivity contribution in [3.63, 3.8) is 0 Å². The smallest absolute Gasteiger partial charge is 0.164 e. The van der Waals surface area contributed by atoms with E-state index < -0.39 is 0 Å². The van der Waals surface area contributed by atoms with Gasteiger partial charge in [-0.1, -0.05) is 37.3 Å². The second kappa shape index (κ2) is 4.47. The van der Waals surface area contributed by atoms with Crippen LogP contribution in [0.3, 0.4) is 0 Å². The van der Waals surface area contributed by atoms with Crippen LogP contribution in [0.15, 0.2) is 30.3 Å². The van der Waals surface area contributed by atoms with Gasteiger partial charge in [0.1, 0.15) is 0 Å². The molecule has 1 nitrogen and oxygen atoms in total. The van der Waals surface area contributed by atoms with E-state index in [2.05, 4.69) is 5.92 Å². The number of hydrogen-bond acceptors (Lipinski definition) is 1. The van der Waals surface area contributed by atoms with E-state index >= 15 is 0 Å². The first-order valence-electron chi connectivity index (χ1n) is 4.28. The van der Waals surface area contributed by atoms with Crippen molar-refractivity contribution >= 4 is 5.78 Å². The molecule has 13 heavy (non-hydrogen) atoms. The molecule has 0 N–H and O–H groups in total. The van der Waals surface area contributed by atoms with Crippen molar-refractivity contribution < 1.29 is 4.79 Å². The zero-order valence-electron chi connectivity index (χ0n) is 7.66. The van der Waals surface area contributed by atoms with Crippen LogP contribution in [0.25, 0.3) is 0 Å². The molecule has 0 bridgehead atoms. The lowest BCUT2D eigenvalue weighted by molar-refractivity contribution is 0.0973. The number of carbonyl (C=O) groups excluding carboxylic acids is 1. The number of hydrogen-bond donors (Lipinski definition) is 0. The van der Waals surface area contributed by atoms with Gasteiger partial charge in [0.2, 0.25) is 0 Å². The molecule has 1 heteroatoms. The number of terminal acetylenes is 1. The zero-order chi connectivity index (χ0) is 9.68. The quantitative estimate of drug-likeness (QED) is 0.505. The van der Waals surface area contributed by atoms with E-state index in [1.54, 1.807) is 0 Å². The third-order valence-electron chi connectivity index (χ3n) is 1.87. The van der Waals surface area contributed by atoms with Crippen LogP contribution in [0.2, 0.25) is 0 Å². The van der Waals surface area contributed by atoms with Gasteiger partial charge in [-0.2, -0.15) is 0 Å². The van der Waals surface area contributed by atoms with Gasteiger partial charge in [0.25, 0.3) is 0 Å². The molecule has 0 amide bonds. The molecule has 0 aliphatic rings. The summed E-state index contributed by atoms with van der Waals surface area (Å²) in [5.41, 5.74) is 0.740. The van der Waals surface area contributed by atoms with E-state index in [-0.39, 0.29) is 11.7 Å². The maximum atomic E-state index is 11.5. The summed E-state index contributed by atoms with van der Waals surface area (Å²) < 4.78 is 0. The highest BCUT2D eigenvalue weighted by Gasteiger charge is 2.07. The summed E-state index contributed by atoms with van der Waals surface area (Å²) in [6, 6.07) is 9.22. The molecule has 0 aliphatic heterocycles. The summed E-state index contributed by atoms with van der Waals surface area (Å²) in [5.74, 6) is 2.68. The second-order valence-corrected chi connectivity index (χ2v) is 3.06. The topological polar surface area (TPSA) is 17.1 Å². The van der Waals surface area contributed by atoms with Gasteiger partial charge in [-0.25, -0.2) is 0 Å². The summed E-state index contributed by atoms with van der Waals surface area (Å²) in [4.78, 5) is 11.5. The van der Waals surface area contributed by atoms with Gasteiger partial charge < -0.3 is 0 Å². The van der Waals surface area contributed by atoms with Crippen LogP contribution in [0.1, 0.15) is 23.7 Å². The second-order valence-electron chi connectivity index (χ2n) is 3.06. The lowest BCUT2D eigenvalue weighted by Gasteiger charge is -2.02. The molecule has 0 unspecified atom stereocenters. The Morgan fingerprint density at radius 1 is 1.46 bits per heavy atom. The van der Waals surface area contributed by atoms with Crippen LogP contribution in [-0.4, -0.2) is 5.78 Å². The third-order valence-corrected chi connectivity index (χ3v) is 1.87. The first kappa shape index (κ1) is 9.54. The molecule has 1 rings (SSSR count). The Morgan fingerprint density at radius 3 is 2.62 bits per heavy atom. The lowest BCUT2D eigenvalue weighted by Crippen LogP contribution is -2.03. The lowest BCUT2D eigenvalue weighted by atomic mass is 10.0. The van der Waals surface area contributed by atoms with Gasteiger partial charge in [0.05, 0.1) is 0 Å². The largest absolute Gasteiger partial charge is 0.294 e. The van der Waals surface area contributed by atoms with E-state index in [9.17, 15) is 4.79 Å². The Morgan fingerprint density at radius 2 is 2.08 bits per heavy atom. The van der Waals surface area contributed by atoms with E-state index in [0.29, 0.717) is 6.42 Å². The Kier molecular flexibility index (Phi) is 3.28. The fourth-order valence-corrected chi connectivity index (χ4v) is 1.08. The maximum absolute atomic E-state index is 11.5. The highest BCUT2D eigenvalue weighted by Crippen LogP contribution is 2.08. The molecular formula is C12H12O. The zero-order valence-corrected chi connectivity index (χ0v) is 7.66. The Bertz CT molecular complexity index is 319. The van der Waals surface area contributed by atoms with E-state index in [0.717, 1.165) is 5.56 Å². The predicted molar refractivity (Wildman–Crippen MR) is 53.4 cm³/mol. The Balaban J connectivity index is 2.66. The molecule has 0 heterocycles. The van der Waals surface area contributed by atoms with Crippen LogP contribution in [-0.2, 0) is 0 Å². The minimum absolute atomic E-state index is 0.0210. The monoisotopic (exact) mass is 172 g/mol. The molecule has 0 radical (unpaired) electrons.